The van der Waals surface area contributed by atoms with Gasteiger partial charge in [0.25, 0.3) is 0 Å². The van der Waals surface area contributed by atoms with Crippen LogP contribution in [0, 0.1) is 0 Å². The fourth-order valence-electron chi connectivity index (χ4n) is 3.60. The zero-order chi connectivity index (χ0) is 17.5. The molecular formula is C19H30Cl2N4O2. The van der Waals surface area contributed by atoms with Crippen molar-refractivity contribution in [2.45, 2.75) is 44.2 Å². The molecule has 2 heterocycles. The molecule has 6 nitrogen and oxygen atoms in total. The maximum absolute atomic E-state index is 12.1. The van der Waals surface area contributed by atoms with Gasteiger partial charge in [-0.15, -0.1) is 24.8 Å². The monoisotopic (exact) mass is 416 g/mol. The van der Waals surface area contributed by atoms with E-state index in [0.29, 0.717) is 19.0 Å². The summed E-state index contributed by atoms with van der Waals surface area (Å²) in [4.78, 5) is 26.4. The first-order chi connectivity index (χ1) is 12.2. The van der Waals surface area contributed by atoms with Gasteiger partial charge in [0.2, 0.25) is 11.8 Å². The minimum atomic E-state index is 0. The molecule has 3 N–H and O–H groups in total. The van der Waals surface area contributed by atoms with E-state index in [2.05, 4.69) is 20.9 Å². The van der Waals surface area contributed by atoms with Crippen LogP contribution in [0.4, 0.5) is 5.69 Å². The minimum absolute atomic E-state index is 0. The standard InChI is InChI=1S/C19H28N4O2.2ClH/c24-18(13-17-7-4-10-20-17)21-16-8-11-23(12-9-16)14-19(25)22-15-5-2-1-3-6-15;;/h1-3,5-6,16-17,20H,4,7-14H2,(H,21,24)(H,22,25);2*1H. The van der Waals surface area contributed by atoms with Crippen molar-refractivity contribution in [3.05, 3.63) is 30.3 Å². The van der Waals surface area contributed by atoms with E-state index < -0.39 is 0 Å². The molecule has 152 valence electrons. The summed E-state index contributed by atoms with van der Waals surface area (Å²) in [6.07, 6.45) is 4.66. The van der Waals surface area contributed by atoms with Crippen LogP contribution in [0.1, 0.15) is 32.1 Å². The Morgan fingerprint density at radius 2 is 1.74 bits per heavy atom. The third-order valence-electron chi connectivity index (χ3n) is 4.97. The van der Waals surface area contributed by atoms with E-state index in [1.54, 1.807) is 0 Å². The van der Waals surface area contributed by atoms with Gasteiger partial charge in [-0.3, -0.25) is 14.5 Å². The van der Waals surface area contributed by atoms with Crippen LogP contribution in [0.3, 0.4) is 0 Å². The summed E-state index contributed by atoms with van der Waals surface area (Å²) in [6.45, 7) is 3.12. The molecule has 2 saturated heterocycles. The van der Waals surface area contributed by atoms with Crippen LogP contribution in [0.25, 0.3) is 0 Å². The van der Waals surface area contributed by atoms with Gasteiger partial charge in [0, 0.05) is 37.3 Å². The molecule has 1 aromatic carbocycles. The average Bonchev–Trinajstić information content (AvgIpc) is 3.10. The Balaban J connectivity index is 0.00000182. The number of nitrogens with one attached hydrogen (secondary N) is 3. The third-order valence-corrected chi connectivity index (χ3v) is 4.97. The van der Waals surface area contributed by atoms with Crippen molar-refractivity contribution in [2.24, 2.45) is 0 Å². The molecule has 8 heteroatoms. The first-order valence-corrected chi connectivity index (χ1v) is 9.29. The molecule has 0 radical (unpaired) electrons. The van der Waals surface area contributed by atoms with Crippen molar-refractivity contribution in [2.75, 3.05) is 31.5 Å². The van der Waals surface area contributed by atoms with Crippen molar-refractivity contribution >= 4 is 42.3 Å². The van der Waals surface area contributed by atoms with Crippen molar-refractivity contribution in [3.63, 3.8) is 0 Å². The zero-order valence-electron chi connectivity index (χ0n) is 15.5. The molecule has 0 spiro atoms. The van der Waals surface area contributed by atoms with Gasteiger partial charge in [0.15, 0.2) is 0 Å². The van der Waals surface area contributed by atoms with Gasteiger partial charge in [-0.25, -0.2) is 0 Å². The second kappa shape index (κ2) is 12.2. The first-order valence-electron chi connectivity index (χ1n) is 9.29. The van der Waals surface area contributed by atoms with Gasteiger partial charge < -0.3 is 16.0 Å². The van der Waals surface area contributed by atoms with Gasteiger partial charge in [-0.2, -0.15) is 0 Å². The van der Waals surface area contributed by atoms with Gasteiger partial charge in [-0.1, -0.05) is 18.2 Å². The van der Waals surface area contributed by atoms with Crippen molar-refractivity contribution in [1.29, 1.82) is 0 Å². The fourth-order valence-corrected chi connectivity index (χ4v) is 3.60. The number of hydrogen-bond donors (Lipinski definition) is 3. The lowest BCUT2D eigenvalue weighted by Crippen LogP contribution is -2.47. The van der Waals surface area contributed by atoms with Gasteiger partial charge in [0.05, 0.1) is 6.54 Å². The fraction of sp³-hybridized carbons (Fsp3) is 0.579. The molecule has 2 amide bonds. The highest BCUT2D eigenvalue weighted by Crippen LogP contribution is 2.13. The highest BCUT2D eigenvalue weighted by molar-refractivity contribution is 5.92. The summed E-state index contributed by atoms with van der Waals surface area (Å²) in [5.41, 5.74) is 0.829. The minimum Gasteiger partial charge on any atom is -0.353 e. The number of carbonyl (C=O) groups excluding carboxylic acids is 2. The van der Waals surface area contributed by atoms with E-state index in [0.717, 1.165) is 44.6 Å². The summed E-state index contributed by atoms with van der Waals surface area (Å²) < 4.78 is 0. The van der Waals surface area contributed by atoms with Crippen LogP contribution < -0.4 is 16.0 Å². The lowest BCUT2D eigenvalue weighted by molar-refractivity contribution is -0.123. The molecule has 1 unspecified atom stereocenters. The number of para-hydroxylation sites is 1. The van der Waals surface area contributed by atoms with Crippen molar-refractivity contribution in [1.82, 2.24) is 15.5 Å². The second-order valence-corrected chi connectivity index (χ2v) is 7.03. The van der Waals surface area contributed by atoms with Crippen LogP contribution in [0.15, 0.2) is 30.3 Å². The Kier molecular flexibility index (Phi) is 10.7. The highest BCUT2D eigenvalue weighted by atomic mass is 35.5. The lowest BCUT2D eigenvalue weighted by Gasteiger charge is -2.32. The van der Waals surface area contributed by atoms with Gasteiger partial charge in [-0.05, 0) is 44.4 Å². The Labute approximate surface area is 173 Å². The lowest BCUT2D eigenvalue weighted by atomic mass is 10.0. The van der Waals surface area contributed by atoms with E-state index in [4.69, 9.17) is 0 Å². The molecular weight excluding hydrogens is 387 g/mol. The average molecular weight is 417 g/mol. The number of rotatable bonds is 6. The molecule has 2 aliphatic heterocycles. The third kappa shape index (κ3) is 8.05. The molecule has 0 saturated carbocycles. The Hall–Kier alpha value is -1.34. The van der Waals surface area contributed by atoms with Gasteiger partial charge >= 0.3 is 0 Å². The van der Waals surface area contributed by atoms with Crippen molar-refractivity contribution < 1.29 is 9.59 Å². The number of anilines is 1. The Morgan fingerprint density at radius 3 is 2.37 bits per heavy atom. The van der Waals surface area contributed by atoms with Crippen LogP contribution >= 0.6 is 24.8 Å². The Morgan fingerprint density at radius 1 is 1.04 bits per heavy atom. The SMILES string of the molecule is Cl.Cl.O=C(CN1CCC(NC(=O)CC2CCCN2)CC1)Nc1ccccc1. The molecule has 3 rings (SSSR count). The number of halogens is 2. The molecule has 2 aliphatic rings. The number of amides is 2. The Bertz CT molecular complexity index is 574. The summed E-state index contributed by atoms with van der Waals surface area (Å²) in [7, 11) is 0. The largest absolute Gasteiger partial charge is 0.353 e. The summed E-state index contributed by atoms with van der Waals surface area (Å²) in [6, 6.07) is 10.1. The number of piperidine rings is 1. The number of likely N-dealkylation sites (tertiary alicyclic amines) is 1. The molecule has 0 bridgehead atoms. The molecule has 0 aromatic heterocycles. The van der Waals surface area contributed by atoms with Crippen LogP contribution in [-0.2, 0) is 9.59 Å². The maximum atomic E-state index is 12.1. The van der Waals surface area contributed by atoms with E-state index in [1.807, 2.05) is 30.3 Å². The summed E-state index contributed by atoms with van der Waals surface area (Å²) >= 11 is 0. The summed E-state index contributed by atoms with van der Waals surface area (Å²) in [5.74, 6) is 0.167. The maximum Gasteiger partial charge on any atom is 0.238 e. The highest BCUT2D eigenvalue weighted by Gasteiger charge is 2.24. The normalized spacial score (nSPS) is 20.2. The number of hydrogen-bond acceptors (Lipinski definition) is 4. The quantitative estimate of drug-likeness (QED) is 0.664. The van der Waals surface area contributed by atoms with E-state index in [9.17, 15) is 9.59 Å². The van der Waals surface area contributed by atoms with E-state index in [-0.39, 0.29) is 42.7 Å². The number of nitrogens with zero attached hydrogens (tertiary/aromatic N) is 1. The smallest absolute Gasteiger partial charge is 0.238 e. The molecule has 0 aliphatic carbocycles. The topological polar surface area (TPSA) is 73.5 Å². The molecule has 1 atom stereocenters. The second-order valence-electron chi connectivity index (χ2n) is 7.03. The van der Waals surface area contributed by atoms with Gasteiger partial charge in [0.1, 0.15) is 0 Å². The number of carbonyl (C=O) groups is 2. The van der Waals surface area contributed by atoms with Crippen LogP contribution in [0.5, 0.6) is 0 Å². The van der Waals surface area contributed by atoms with E-state index in [1.165, 1.54) is 6.42 Å². The van der Waals surface area contributed by atoms with Crippen LogP contribution in [-0.4, -0.2) is 55.0 Å². The molecule has 2 fully saturated rings. The zero-order valence-corrected chi connectivity index (χ0v) is 17.1. The summed E-state index contributed by atoms with van der Waals surface area (Å²) in [5, 5.41) is 9.43. The van der Waals surface area contributed by atoms with Crippen molar-refractivity contribution in [3.8, 4) is 0 Å². The predicted molar refractivity (Wildman–Crippen MR) is 113 cm³/mol. The van der Waals surface area contributed by atoms with Crippen LogP contribution in [0.2, 0.25) is 0 Å². The number of benzene rings is 1. The van der Waals surface area contributed by atoms with E-state index >= 15 is 0 Å². The first kappa shape index (κ1) is 23.7. The molecule has 27 heavy (non-hydrogen) atoms. The predicted octanol–water partition coefficient (Wildman–Crippen LogP) is 2.19. The molecule has 1 aromatic rings.